The number of carboxylic acid groups (broad SMARTS) is 1. The van der Waals surface area contributed by atoms with Gasteiger partial charge in [-0.1, -0.05) is 52.2 Å². The zero-order valence-corrected chi connectivity index (χ0v) is 19.0. The number of hydrogen-bond donors (Lipinski definition) is 3. The van der Waals surface area contributed by atoms with Crippen molar-refractivity contribution < 1.29 is 29.0 Å². The second kappa shape index (κ2) is 13.3. The number of nitrogens with one attached hydrogen (secondary N) is 2. The number of carbonyl (C=O) groups excluding carboxylic acids is 2. The first-order chi connectivity index (χ1) is 14.8. The Morgan fingerprint density at radius 2 is 1.77 bits per heavy atom. The second-order valence-corrected chi connectivity index (χ2v) is 7.09. The van der Waals surface area contributed by atoms with Gasteiger partial charge in [-0.2, -0.15) is 0 Å². The highest BCUT2D eigenvalue weighted by Crippen LogP contribution is 2.38. The summed E-state index contributed by atoms with van der Waals surface area (Å²) in [5.74, 6) is 0.107. The molecule has 31 heavy (non-hydrogen) atoms. The number of carboxylic acids is 1. The summed E-state index contributed by atoms with van der Waals surface area (Å²) < 4.78 is 11.2. The molecule has 0 aliphatic carbocycles. The summed E-state index contributed by atoms with van der Waals surface area (Å²) in [5, 5.41) is 12.4. The summed E-state index contributed by atoms with van der Waals surface area (Å²) >= 11 is 0. The molecule has 8 nitrogen and oxygen atoms in total. The van der Waals surface area contributed by atoms with E-state index in [0.29, 0.717) is 23.0 Å². The second-order valence-electron chi connectivity index (χ2n) is 7.09. The van der Waals surface area contributed by atoms with Crippen molar-refractivity contribution >= 4 is 23.7 Å². The van der Waals surface area contributed by atoms with E-state index in [4.69, 9.17) is 14.6 Å². The molecule has 172 valence electrons. The van der Waals surface area contributed by atoms with Crippen LogP contribution in [-0.2, 0) is 14.3 Å². The van der Waals surface area contributed by atoms with E-state index in [0.717, 1.165) is 18.4 Å². The third kappa shape index (κ3) is 7.31. The fraction of sp³-hybridized carbons (Fsp3) is 0.522. The van der Waals surface area contributed by atoms with Crippen LogP contribution in [0.2, 0.25) is 0 Å². The Hall–Kier alpha value is -3.03. The van der Waals surface area contributed by atoms with Gasteiger partial charge in [0.15, 0.2) is 11.5 Å². The van der Waals surface area contributed by atoms with Gasteiger partial charge >= 0.3 is 12.0 Å². The highest BCUT2D eigenvalue weighted by molar-refractivity contribution is 6.15. The molecule has 3 amide bonds. The third-order valence-electron chi connectivity index (χ3n) is 5.01. The summed E-state index contributed by atoms with van der Waals surface area (Å²) in [7, 11) is 3.09. The average molecular weight is 435 g/mol. The van der Waals surface area contributed by atoms with Crippen molar-refractivity contribution in [2.45, 2.75) is 65.2 Å². The maximum absolute atomic E-state index is 12.0. The first kappa shape index (κ1) is 26.0. The number of methoxy groups -OCH3 is 2. The predicted molar refractivity (Wildman–Crippen MR) is 119 cm³/mol. The minimum atomic E-state index is -0.745. The molecule has 1 fully saturated rings. The topological polar surface area (TPSA) is 114 Å². The summed E-state index contributed by atoms with van der Waals surface area (Å²) in [5.41, 5.74) is 1.87. The molecular weight excluding hydrogens is 400 g/mol. The van der Waals surface area contributed by atoms with Gasteiger partial charge < -0.3 is 14.6 Å². The van der Waals surface area contributed by atoms with Crippen molar-refractivity contribution in [3.63, 3.8) is 0 Å². The zero-order valence-electron chi connectivity index (χ0n) is 19.0. The highest BCUT2D eigenvalue weighted by Gasteiger charge is 2.30. The van der Waals surface area contributed by atoms with Gasteiger partial charge in [0.1, 0.15) is 5.75 Å². The first-order valence-corrected chi connectivity index (χ1v) is 10.6. The van der Waals surface area contributed by atoms with E-state index >= 15 is 0 Å². The molecule has 0 spiro atoms. The first-order valence-electron chi connectivity index (χ1n) is 10.6. The van der Waals surface area contributed by atoms with Crippen LogP contribution in [0.5, 0.6) is 5.75 Å². The van der Waals surface area contributed by atoms with Crippen molar-refractivity contribution in [3.05, 3.63) is 35.0 Å². The number of aliphatic carboxylic acids is 1. The van der Waals surface area contributed by atoms with E-state index < -0.39 is 17.9 Å². The monoisotopic (exact) mass is 434 g/mol. The van der Waals surface area contributed by atoms with Crippen LogP contribution >= 0.6 is 0 Å². The molecule has 0 saturated carbocycles. The van der Waals surface area contributed by atoms with Crippen LogP contribution in [-0.4, -0.2) is 37.2 Å². The molecule has 8 heteroatoms. The molecule has 1 unspecified atom stereocenters. The number of hydrogen-bond acceptors (Lipinski definition) is 5. The van der Waals surface area contributed by atoms with E-state index in [-0.39, 0.29) is 12.1 Å². The molecule has 1 saturated heterocycles. The van der Waals surface area contributed by atoms with Crippen molar-refractivity contribution in [2.75, 3.05) is 14.2 Å². The number of rotatable bonds is 10. The van der Waals surface area contributed by atoms with E-state index in [1.54, 1.807) is 14.0 Å². The number of para-hydroxylation sites is 1. The molecule has 1 aromatic rings. The predicted octanol–water partition coefficient (Wildman–Crippen LogP) is 4.40. The number of unbranched alkanes of at least 4 members (excludes halogenated alkanes) is 2. The van der Waals surface area contributed by atoms with Gasteiger partial charge in [0.2, 0.25) is 0 Å². The van der Waals surface area contributed by atoms with Crippen molar-refractivity contribution in [1.82, 2.24) is 10.6 Å². The molecule has 1 aromatic carbocycles. The lowest BCUT2D eigenvalue weighted by Crippen LogP contribution is -2.22. The Bertz CT molecular complexity index is 803. The molecule has 1 aliphatic rings. The Morgan fingerprint density at radius 3 is 2.23 bits per heavy atom. The lowest BCUT2D eigenvalue weighted by molar-refractivity contribution is -0.136. The number of amides is 3. The van der Waals surface area contributed by atoms with Crippen molar-refractivity contribution in [1.29, 1.82) is 0 Å². The minimum Gasteiger partial charge on any atom is -0.496 e. The van der Waals surface area contributed by atoms with Gasteiger partial charge in [-0.3, -0.25) is 20.2 Å². The Labute approximate surface area is 184 Å². The molecule has 0 radical (unpaired) electrons. The summed E-state index contributed by atoms with van der Waals surface area (Å²) in [4.78, 5) is 32.9. The lowest BCUT2D eigenvalue weighted by Gasteiger charge is -2.21. The molecular formula is C23H34N2O6. The van der Waals surface area contributed by atoms with Gasteiger partial charge in [-0.25, -0.2) is 4.79 Å². The molecule has 2 rings (SSSR count). The SMILES string of the molecule is CCC(=O)O.CCCCCC(CC)c1cccc(C(OC)=C2NC(=O)NC2=O)c1OC. The fourth-order valence-electron chi connectivity index (χ4n) is 3.38. The van der Waals surface area contributed by atoms with E-state index in [1.165, 1.54) is 26.4 Å². The van der Waals surface area contributed by atoms with Crippen molar-refractivity contribution in [3.8, 4) is 5.75 Å². The number of urea groups is 1. The smallest absolute Gasteiger partial charge is 0.326 e. The van der Waals surface area contributed by atoms with Gasteiger partial charge in [-0.15, -0.1) is 0 Å². The zero-order chi connectivity index (χ0) is 23.4. The van der Waals surface area contributed by atoms with E-state index in [1.807, 2.05) is 12.1 Å². The van der Waals surface area contributed by atoms with Crippen LogP contribution in [0.25, 0.3) is 5.76 Å². The maximum atomic E-state index is 12.0. The molecule has 0 aromatic heterocycles. The van der Waals surface area contributed by atoms with Gasteiger partial charge in [0.05, 0.1) is 19.8 Å². The fourth-order valence-corrected chi connectivity index (χ4v) is 3.38. The van der Waals surface area contributed by atoms with E-state index in [2.05, 4.69) is 30.5 Å². The number of imide groups is 1. The van der Waals surface area contributed by atoms with Gasteiger partial charge in [0.25, 0.3) is 5.91 Å². The highest BCUT2D eigenvalue weighted by atomic mass is 16.5. The quantitative estimate of drug-likeness (QED) is 0.218. The van der Waals surface area contributed by atoms with Crippen LogP contribution in [0.3, 0.4) is 0 Å². The molecule has 3 N–H and O–H groups in total. The number of carbonyl (C=O) groups is 3. The Kier molecular flexibility index (Phi) is 11.2. The third-order valence-corrected chi connectivity index (χ3v) is 5.01. The van der Waals surface area contributed by atoms with Gasteiger partial charge in [0, 0.05) is 6.42 Å². The molecule has 1 aliphatic heterocycles. The standard InChI is InChI=1S/C20H28N2O4.C3H6O2/c1-5-7-8-10-13(6-2)14-11-9-12-15(17(14)25-3)18(26-4)16-19(23)22-20(24)21-16;1-2-3(4)5/h9,11-13H,5-8,10H2,1-4H3,(H2,21,22,23,24);2H2,1H3,(H,4,5). The Morgan fingerprint density at radius 1 is 1.10 bits per heavy atom. The molecule has 1 heterocycles. The van der Waals surface area contributed by atoms with Crippen LogP contribution in [0, 0.1) is 0 Å². The van der Waals surface area contributed by atoms with Crippen LogP contribution < -0.4 is 15.4 Å². The molecule has 1 atom stereocenters. The van der Waals surface area contributed by atoms with Crippen molar-refractivity contribution in [2.24, 2.45) is 0 Å². The summed E-state index contributed by atoms with van der Waals surface area (Å²) in [6.45, 7) is 5.96. The number of ether oxygens (including phenoxy) is 2. The number of benzene rings is 1. The maximum Gasteiger partial charge on any atom is 0.326 e. The Balaban J connectivity index is 0.000000861. The largest absolute Gasteiger partial charge is 0.496 e. The normalized spacial score (nSPS) is 15.3. The van der Waals surface area contributed by atoms with Gasteiger partial charge in [-0.05, 0) is 30.4 Å². The lowest BCUT2D eigenvalue weighted by atomic mass is 9.88. The van der Waals surface area contributed by atoms with E-state index in [9.17, 15) is 14.4 Å². The minimum absolute atomic E-state index is 0.104. The van der Waals surface area contributed by atoms with Crippen LogP contribution in [0.1, 0.15) is 76.3 Å². The van der Waals surface area contributed by atoms with Crippen LogP contribution in [0.4, 0.5) is 4.79 Å². The molecule has 0 bridgehead atoms. The summed E-state index contributed by atoms with van der Waals surface area (Å²) in [6, 6.07) is 5.28. The van der Waals surface area contributed by atoms with Crippen LogP contribution in [0.15, 0.2) is 23.9 Å². The summed E-state index contributed by atoms with van der Waals surface area (Å²) in [6.07, 6.45) is 5.86. The average Bonchev–Trinajstić information content (AvgIpc) is 3.09.